The molecule has 0 aliphatic rings. The van der Waals surface area contributed by atoms with Crippen molar-refractivity contribution in [3.63, 3.8) is 0 Å². The molecule has 4 rings (SSSR count). The lowest BCUT2D eigenvalue weighted by atomic mass is 10.1. The number of halogens is 1. The van der Waals surface area contributed by atoms with Gasteiger partial charge in [0, 0.05) is 10.6 Å². The van der Waals surface area contributed by atoms with Crippen molar-refractivity contribution in [2.75, 3.05) is 0 Å². The summed E-state index contributed by atoms with van der Waals surface area (Å²) in [5, 5.41) is 4.00. The van der Waals surface area contributed by atoms with Crippen LogP contribution in [0.3, 0.4) is 0 Å². The molecule has 2 aromatic carbocycles. The Kier molecular flexibility index (Phi) is 3.48. The first-order chi connectivity index (χ1) is 11.2. The largest absolute Gasteiger partial charge is 0.291 e. The van der Waals surface area contributed by atoms with Crippen molar-refractivity contribution in [2.45, 2.75) is 0 Å². The molecule has 1 N–H and O–H groups in total. The summed E-state index contributed by atoms with van der Waals surface area (Å²) in [6.07, 6.45) is 0. The van der Waals surface area contributed by atoms with Crippen LogP contribution in [0.1, 0.15) is 0 Å². The Labute approximate surface area is 143 Å². The van der Waals surface area contributed by atoms with Gasteiger partial charge in [0.05, 0.1) is 16.9 Å². The van der Waals surface area contributed by atoms with E-state index in [2.05, 4.69) is 28.3 Å². The molecule has 0 aliphatic heterocycles. The van der Waals surface area contributed by atoms with Crippen molar-refractivity contribution in [3.8, 4) is 22.5 Å². The zero-order chi connectivity index (χ0) is 15.8. The Morgan fingerprint density at radius 2 is 1.65 bits per heavy atom. The van der Waals surface area contributed by atoms with Crippen molar-refractivity contribution < 1.29 is 0 Å². The van der Waals surface area contributed by atoms with Crippen LogP contribution in [0.5, 0.6) is 0 Å². The van der Waals surface area contributed by atoms with Gasteiger partial charge in [-0.05, 0) is 42.0 Å². The lowest BCUT2D eigenvalue weighted by Gasteiger charge is -2.02. The van der Waals surface area contributed by atoms with Crippen molar-refractivity contribution in [2.24, 2.45) is 0 Å². The third kappa shape index (κ3) is 2.67. The van der Waals surface area contributed by atoms with E-state index < -0.39 is 0 Å². The van der Waals surface area contributed by atoms with Crippen LogP contribution in [-0.4, -0.2) is 14.6 Å². The molecule has 0 bridgehead atoms. The minimum atomic E-state index is 0.495. The molecule has 4 aromatic rings. The number of H-pyrrole nitrogens is 1. The first kappa shape index (κ1) is 14.2. The fourth-order valence-electron chi connectivity index (χ4n) is 2.55. The lowest BCUT2D eigenvalue weighted by Crippen LogP contribution is -1.94. The highest BCUT2D eigenvalue weighted by Crippen LogP contribution is 2.24. The minimum Gasteiger partial charge on any atom is -0.291 e. The molecule has 112 valence electrons. The average Bonchev–Trinajstić information content (AvgIpc) is 3.01. The predicted molar refractivity (Wildman–Crippen MR) is 96.3 cm³/mol. The van der Waals surface area contributed by atoms with Gasteiger partial charge in [-0.3, -0.25) is 5.10 Å². The summed E-state index contributed by atoms with van der Waals surface area (Å²) >= 11 is 11.4. The molecule has 23 heavy (non-hydrogen) atoms. The highest BCUT2D eigenvalue weighted by Gasteiger charge is 2.07. The van der Waals surface area contributed by atoms with E-state index in [1.165, 1.54) is 0 Å². The van der Waals surface area contributed by atoms with Gasteiger partial charge in [-0.25, -0.2) is 9.50 Å². The van der Waals surface area contributed by atoms with Gasteiger partial charge in [0.15, 0.2) is 0 Å². The Morgan fingerprint density at radius 1 is 0.913 bits per heavy atom. The standard InChI is InChI=1S/C18H12ClN3S/c19-14-8-6-13(7-9-14)16-10-15-11-17(12-4-2-1-3-5-12)21-22(15)18(23)20-16/h1-11,21H. The normalized spacial score (nSPS) is 11.0. The number of fused-ring (bicyclic) bond motifs is 1. The van der Waals surface area contributed by atoms with Gasteiger partial charge in [-0.15, -0.1) is 0 Å². The van der Waals surface area contributed by atoms with Crippen molar-refractivity contribution in [1.82, 2.24) is 14.6 Å². The number of aromatic nitrogens is 3. The van der Waals surface area contributed by atoms with Crippen LogP contribution in [0.25, 0.3) is 28.0 Å². The Balaban J connectivity index is 1.87. The maximum absolute atomic E-state index is 5.95. The SMILES string of the molecule is S=c1nc(-c2ccc(Cl)cc2)cc2cc(-c3ccccc3)[nH]n12. The lowest BCUT2D eigenvalue weighted by molar-refractivity contribution is 0.907. The maximum atomic E-state index is 5.95. The fraction of sp³-hybridized carbons (Fsp3) is 0. The second-order valence-electron chi connectivity index (χ2n) is 5.23. The van der Waals surface area contributed by atoms with Crippen LogP contribution >= 0.6 is 23.8 Å². The number of nitrogens with one attached hydrogen (secondary N) is 1. The zero-order valence-electron chi connectivity index (χ0n) is 12.0. The number of hydrogen-bond acceptors (Lipinski definition) is 2. The molecule has 0 aliphatic carbocycles. The van der Waals surface area contributed by atoms with E-state index in [1.54, 1.807) is 0 Å². The van der Waals surface area contributed by atoms with Gasteiger partial charge in [-0.2, -0.15) is 0 Å². The van der Waals surface area contributed by atoms with E-state index >= 15 is 0 Å². The quantitative estimate of drug-likeness (QED) is 0.498. The van der Waals surface area contributed by atoms with Gasteiger partial charge in [0.25, 0.3) is 0 Å². The highest BCUT2D eigenvalue weighted by molar-refractivity contribution is 7.71. The highest BCUT2D eigenvalue weighted by atomic mass is 35.5. The van der Waals surface area contributed by atoms with Crippen LogP contribution in [-0.2, 0) is 0 Å². The topological polar surface area (TPSA) is 33.1 Å². The molecule has 0 fully saturated rings. The summed E-state index contributed by atoms with van der Waals surface area (Å²) in [5.41, 5.74) is 4.93. The second kappa shape index (κ2) is 5.65. The Hall–Kier alpha value is -2.43. The monoisotopic (exact) mass is 337 g/mol. The van der Waals surface area contributed by atoms with E-state index in [0.29, 0.717) is 9.79 Å². The summed E-state index contributed by atoms with van der Waals surface area (Å²) in [6, 6.07) is 21.8. The van der Waals surface area contributed by atoms with Crippen LogP contribution in [0, 0.1) is 4.77 Å². The Morgan fingerprint density at radius 3 is 2.39 bits per heavy atom. The molecule has 3 nitrogen and oxygen atoms in total. The summed E-state index contributed by atoms with van der Waals surface area (Å²) in [4.78, 5) is 4.51. The van der Waals surface area contributed by atoms with Crippen LogP contribution in [0.15, 0.2) is 66.7 Å². The van der Waals surface area contributed by atoms with Gasteiger partial charge in [0.2, 0.25) is 4.77 Å². The molecule has 0 atom stereocenters. The van der Waals surface area contributed by atoms with Crippen LogP contribution in [0.4, 0.5) is 0 Å². The molecule has 0 radical (unpaired) electrons. The van der Waals surface area contributed by atoms with E-state index in [0.717, 1.165) is 28.0 Å². The first-order valence-electron chi connectivity index (χ1n) is 7.15. The minimum absolute atomic E-state index is 0.495. The molecule has 0 amide bonds. The number of aromatic amines is 1. The van der Waals surface area contributed by atoms with Crippen LogP contribution < -0.4 is 0 Å². The zero-order valence-corrected chi connectivity index (χ0v) is 13.6. The van der Waals surface area contributed by atoms with Crippen molar-refractivity contribution >= 4 is 29.3 Å². The van der Waals surface area contributed by atoms with Crippen LogP contribution in [0.2, 0.25) is 5.02 Å². The van der Waals surface area contributed by atoms with E-state index in [9.17, 15) is 0 Å². The van der Waals surface area contributed by atoms with Gasteiger partial charge >= 0.3 is 0 Å². The second-order valence-corrected chi connectivity index (χ2v) is 6.03. The number of benzene rings is 2. The smallest absolute Gasteiger partial charge is 0.219 e. The van der Waals surface area contributed by atoms with E-state index in [4.69, 9.17) is 23.8 Å². The predicted octanol–water partition coefficient (Wildman–Crippen LogP) is 5.38. The molecule has 0 saturated carbocycles. The average molecular weight is 338 g/mol. The van der Waals surface area contributed by atoms with Gasteiger partial charge < -0.3 is 0 Å². The molecule has 2 heterocycles. The third-order valence-electron chi connectivity index (χ3n) is 3.70. The molecule has 0 spiro atoms. The first-order valence-corrected chi connectivity index (χ1v) is 7.93. The summed E-state index contributed by atoms with van der Waals surface area (Å²) in [7, 11) is 0. The number of hydrogen-bond donors (Lipinski definition) is 1. The molecular weight excluding hydrogens is 326 g/mol. The number of nitrogens with zero attached hydrogens (tertiary/aromatic N) is 2. The molecule has 0 saturated heterocycles. The van der Waals surface area contributed by atoms with E-state index in [-0.39, 0.29) is 0 Å². The van der Waals surface area contributed by atoms with Gasteiger partial charge in [0.1, 0.15) is 0 Å². The fourth-order valence-corrected chi connectivity index (χ4v) is 2.93. The summed E-state index contributed by atoms with van der Waals surface area (Å²) in [6.45, 7) is 0. The molecule has 0 unspecified atom stereocenters. The molecular formula is C18H12ClN3S. The van der Waals surface area contributed by atoms with Crippen molar-refractivity contribution in [3.05, 3.63) is 76.5 Å². The van der Waals surface area contributed by atoms with Crippen molar-refractivity contribution in [1.29, 1.82) is 0 Å². The maximum Gasteiger partial charge on any atom is 0.219 e. The molecule has 5 heteroatoms. The van der Waals surface area contributed by atoms with Gasteiger partial charge in [-0.1, -0.05) is 54.1 Å². The summed E-state index contributed by atoms with van der Waals surface area (Å²) in [5.74, 6) is 0. The van der Waals surface area contributed by atoms with E-state index in [1.807, 2.05) is 53.0 Å². The molecule has 2 aromatic heterocycles. The number of rotatable bonds is 2. The third-order valence-corrected chi connectivity index (χ3v) is 4.23. The Bertz CT molecular complexity index is 1030. The summed E-state index contributed by atoms with van der Waals surface area (Å²) < 4.78 is 2.31.